The van der Waals surface area contributed by atoms with Crippen molar-refractivity contribution in [3.63, 3.8) is 0 Å². The predicted molar refractivity (Wildman–Crippen MR) is 121 cm³/mol. The standard InChI is InChI=1S/C25H27NO6/c1-15(2)17(12-22(30)26-8-10-31-11-9-26)23-18(27)13-19(28)24-20(29)14-21(32-25(23)24)16-6-4-3-5-7-16/h3-7,13-15,17,27-28H,8-12H2,1-2H3. The zero-order chi connectivity index (χ0) is 22.8. The van der Waals surface area contributed by atoms with Gasteiger partial charge in [-0.1, -0.05) is 44.2 Å². The number of rotatable bonds is 5. The Morgan fingerprint density at radius 1 is 1.06 bits per heavy atom. The van der Waals surface area contributed by atoms with Crippen molar-refractivity contribution in [2.75, 3.05) is 26.3 Å². The molecule has 0 aliphatic carbocycles. The van der Waals surface area contributed by atoms with Crippen LogP contribution in [0, 0.1) is 5.92 Å². The number of amides is 1. The molecule has 0 saturated carbocycles. The topological polar surface area (TPSA) is 100 Å². The van der Waals surface area contributed by atoms with Gasteiger partial charge in [-0.05, 0) is 5.92 Å². The van der Waals surface area contributed by atoms with Crippen molar-refractivity contribution < 1.29 is 24.2 Å². The summed E-state index contributed by atoms with van der Waals surface area (Å²) < 4.78 is 11.4. The fourth-order valence-electron chi connectivity index (χ4n) is 4.23. The second kappa shape index (κ2) is 9.04. The number of nitrogens with zero attached hydrogens (tertiary/aromatic N) is 1. The Balaban J connectivity index is 1.86. The molecule has 3 aromatic rings. The van der Waals surface area contributed by atoms with Gasteiger partial charge in [-0.15, -0.1) is 0 Å². The van der Waals surface area contributed by atoms with Crippen molar-refractivity contribution in [2.24, 2.45) is 5.92 Å². The van der Waals surface area contributed by atoms with Gasteiger partial charge in [0.05, 0.1) is 13.2 Å². The van der Waals surface area contributed by atoms with Gasteiger partial charge in [0.25, 0.3) is 0 Å². The molecule has 1 aliphatic rings. The minimum atomic E-state index is -0.414. The number of phenolic OH excluding ortho intramolecular Hbond substituents is 2. The lowest BCUT2D eigenvalue weighted by Crippen LogP contribution is -2.41. The maximum atomic E-state index is 13.0. The minimum absolute atomic E-state index is 0.00181. The van der Waals surface area contributed by atoms with E-state index < -0.39 is 11.3 Å². The van der Waals surface area contributed by atoms with E-state index in [4.69, 9.17) is 9.15 Å². The van der Waals surface area contributed by atoms with E-state index in [0.29, 0.717) is 43.2 Å². The molecule has 7 nitrogen and oxygen atoms in total. The summed E-state index contributed by atoms with van der Waals surface area (Å²) in [7, 11) is 0. The van der Waals surface area contributed by atoms with E-state index in [2.05, 4.69) is 0 Å². The number of carbonyl (C=O) groups excluding carboxylic acids is 1. The molecule has 0 bridgehead atoms. The number of fused-ring (bicyclic) bond motifs is 1. The Morgan fingerprint density at radius 3 is 2.41 bits per heavy atom. The van der Waals surface area contributed by atoms with Crippen molar-refractivity contribution in [3.05, 3.63) is 58.3 Å². The summed E-state index contributed by atoms with van der Waals surface area (Å²) in [5.41, 5.74) is 0.767. The third kappa shape index (κ3) is 4.21. The average molecular weight is 437 g/mol. The van der Waals surface area contributed by atoms with Crippen LogP contribution < -0.4 is 5.43 Å². The number of aromatic hydroxyl groups is 2. The summed E-state index contributed by atoms with van der Waals surface area (Å²) in [5, 5.41) is 21.2. The first-order chi connectivity index (χ1) is 15.4. The van der Waals surface area contributed by atoms with Crippen molar-refractivity contribution >= 4 is 16.9 Å². The van der Waals surface area contributed by atoms with Crippen molar-refractivity contribution in [2.45, 2.75) is 26.2 Å². The average Bonchev–Trinajstić information content (AvgIpc) is 2.78. The number of hydrogen-bond donors (Lipinski definition) is 2. The van der Waals surface area contributed by atoms with Gasteiger partial charge in [0.15, 0.2) is 5.43 Å². The van der Waals surface area contributed by atoms with E-state index in [9.17, 15) is 19.8 Å². The van der Waals surface area contributed by atoms with Crippen LogP contribution in [-0.2, 0) is 9.53 Å². The lowest BCUT2D eigenvalue weighted by atomic mass is 9.83. The highest BCUT2D eigenvalue weighted by Crippen LogP contribution is 2.43. The monoisotopic (exact) mass is 437 g/mol. The Hall–Kier alpha value is -3.32. The molecule has 2 aromatic carbocycles. The molecular formula is C25H27NO6. The third-order valence-electron chi connectivity index (χ3n) is 5.99. The SMILES string of the molecule is CC(C)C(CC(=O)N1CCOCC1)c1c(O)cc(O)c2c(=O)cc(-c3ccccc3)oc12. The second-order valence-corrected chi connectivity index (χ2v) is 8.42. The molecule has 1 aromatic heterocycles. The number of benzene rings is 2. The van der Waals surface area contributed by atoms with E-state index in [1.165, 1.54) is 6.07 Å². The van der Waals surface area contributed by atoms with E-state index in [1.54, 1.807) is 4.90 Å². The van der Waals surface area contributed by atoms with Gasteiger partial charge in [0, 0.05) is 48.7 Å². The maximum Gasteiger partial charge on any atom is 0.223 e. The summed E-state index contributed by atoms with van der Waals surface area (Å²) in [5.74, 6) is -0.717. The van der Waals surface area contributed by atoms with Crippen LogP contribution in [0.1, 0.15) is 31.7 Å². The Morgan fingerprint density at radius 2 is 1.75 bits per heavy atom. The van der Waals surface area contributed by atoms with Crippen molar-refractivity contribution in [3.8, 4) is 22.8 Å². The Labute approximate surface area is 185 Å². The smallest absolute Gasteiger partial charge is 0.223 e. The Kier molecular flexibility index (Phi) is 6.19. The van der Waals surface area contributed by atoms with Gasteiger partial charge in [-0.2, -0.15) is 0 Å². The summed E-state index contributed by atoms with van der Waals surface area (Å²) in [6.45, 7) is 5.96. The normalized spacial score (nSPS) is 15.3. The molecule has 0 spiro atoms. The quantitative estimate of drug-likeness (QED) is 0.629. The Bertz CT molecular complexity index is 1180. The van der Waals surface area contributed by atoms with E-state index in [-0.39, 0.29) is 40.7 Å². The highest BCUT2D eigenvalue weighted by atomic mass is 16.5. The van der Waals surface area contributed by atoms with Gasteiger partial charge in [0.1, 0.15) is 28.2 Å². The molecule has 2 N–H and O–H groups in total. The van der Waals surface area contributed by atoms with Gasteiger partial charge in [-0.25, -0.2) is 0 Å². The van der Waals surface area contributed by atoms with Crippen molar-refractivity contribution in [1.82, 2.24) is 4.90 Å². The molecule has 0 radical (unpaired) electrons. The molecule has 32 heavy (non-hydrogen) atoms. The lowest BCUT2D eigenvalue weighted by Gasteiger charge is -2.30. The van der Waals surface area contributed by atoms with Crippen LogP contribution >= 0.6 is 0 Å². The summed E-state index contributed by atoms with van der Waals surface area (Å²) in [4.78, 5) is 27.7. The van der Waals surface area contributed by atoms with Crippen LogP contribution in [0.5, 0.6) is 11.5 Å². The molecule has 1 atom stereocenters. The van der Waals surface area contributed by atoms with Crippen LogP contribution in [0.15, 0.2) is 51.7 Å². The molecule has 1 amide bonds. The molecule has 1 aliphatic heterocycles. The summed E-state index contributed by atoms with van der Waals surface area (Å²) in [6, 6.07) is 11.6. The number of ether oxygens (including phenoxy) is 1. The van der Waals surface area contributed by atoms with Crippen LogP contribution in [0.25, 0.3) is 22.3 Å². The first kappa shape index (κ1) is 21.9. The molecule has 168 valence electrons. The van der Waals surface area contributed by atoms with E-state index >= 15 is 0 Å². The lowest BCUT2D eigenvalue weighted by molar-refractivity contribution is -0.135. The predicted octanol–water partition coefficient (Wildman–Crippen LogP) is 3.86. The molecule has 4 rings (SSSR count). The van der Waals surface area contributed by atoms with E-state index in [0.717, 1.165) is 6.07 Å². The van der Waals surface area contributed by atoms with Gasteiger partial charge in [0.2, 0.25) is 5.91 Å². The third-order valence-corrected chi connectivity index (χ3v) is 5.99. The van der Waals surface area contributed by atoms with Gasteiger partial charge in [-0.3, -0.25) is 9.59 Å². The van der Waals surface area contributed by atoms with Crippen LogP contribution in [0.2, 0.25) is 0 Å². The number of carbonyl (C=O) groups is 1. The highest BCUT2D eigenvalue weighted by molar-refractivity contribution is 5.90. The van der Waals surface area contributed by atoms with Gasteiger partial charge >= 0.3 is 0 Å². The molecular weight excluding hydrogens is 410 g/mol. The van der Waals surface area contributed by atoms with Crippen LogP contribution in [-0.4, -0.2) is 47.3 Å². The summed E-state index contributed by atoms with van der Waals surface area (Å²) >= 11 is 0. The largest absolute Gasteiger partial charge is 0.507 e. The fraction of sp³-hybridized carbons (Fsp3) is 0.360. The fourth-order valence-corrected chi connectivity index (χ4v) is 4.23. The first-order valence-electron chi connectivity index (χ1n) is 10.8. The zero-order valence-corrected chi connectivity index (χ0v) is 18.2. The maximum absolute atomic E-state index is 13.0. The minimum Gasteiger partial charge on any atom is -0.507 e. The molecule has 1 unspecified atom stereocenters. The molecule has 1 fully saturated rings. The number of morpholine rings is 1. The van der Waals surface area contributed by atoms with Gasteiger partial charge < -0.3 is 24.3 Å². The van der Waals surface area contributed by atoms with E-state index in [1.807, 2.05) is 44.2 Å². The van der Waals surface area contributed by atoms with Crippen LogP contribution in [0.3, 0.4) is 0 Å². The molecule has 2 heterocycles. The van der Waals surface area contributed by atoms with Crippen LogP contribution in [0.4, 0.5) is 0 Å². The molecule has 1 saturated heterocycles. The van der Waals surface area contributed by atoms with Crippen molar-refractivity contribution in [1.29, 1.82) is 0 Å². The first-order valence-corrected chi connectivity index (χ1v) is 10.8. The number of hydrogen-bond acceptors (Lipinski definition) is 6. The zero-order valence-electron chi connectivity index (χ0n) is 18.2. The highest BCUT2D eigenvalue weighted by Gasteiger charge is 2.30. The number of phenols is 2. The second-order valence-electron chi connectivity index (χ2n) is 8.42. The molecule has 7 heteroatoms. The summed E-state index contributed by atoms with van der Waals surface area (Å²) in [6.07, 6.45) is 0.143.